The highest BCUT2D eigenvalue weighted by atomic mass is 35.5. The molecule has 2 rings (SSSR count). The lowest BCUT2D eigenvalue weighted by Gasteiger charge is -2.28. The van der Waals surface area contributed by atoms with E-state index in [2.05, 4.69) is 17.2 Å². The quantitative estimate of drug-likeness (QED) is 0.739. The number of hydrogen-bond donors (Lipinski definition) is 2. The van der Waals surface area contributed by atoms with Crippen molar-refractivity contribution >= 4 is 18.3 Å². The highest BCUT2D eigenvalue weighted by molar-refractivity contribution is 5.85. The van der Waals surface area contributed by atoms with Crippen molar-refractivity contribution < 1.29 is 4.79 Å². The number of carbonyl (C=O) groups excluding carboxylic acids is 1. The third-order valence-corrected chi connectivity index (χ3v) is 3.49. The SMILES string of the molecule is C=CCNC(=O)CC1CC2CCC(C1)N2.Cl. The number of nitrogens with one attached hydrogen (secondary N) is 2. The average Bonchev–Trinajstić information content (AvgIpc) is 2.55. The van der Waals surface area contributed by atoms with E-state index >= 15 is 0 Å². The van der Waals surface area contributed by atoms with Crippen molar-refractivity contribution in [1.29, 1.82) is 0 Å². The maximum absolute atomic E-state index is 11.5. The third-order valence-electron chi connectivity index (χ3n) is 3.49. The first-order valence-corrected chi connectivity index (χ1v) is 5.91. The molecule has 0 aromatic heterocycles. The van der Waals surface area contributed by atoms with Crippen LogP contribution in [-0.4, -0.2) is 24.5 Å². The molecule has 2 bridgehead atoms. The van der Waals surface area contributed by atoms with Crippen LogP contribution in [0, 0.1) is 5.92 Å². The van der Waals surface area contributed by atoms with E-state index in [1.54, 1.807) is 6.08 Å². The van der Waals surface area contributed by atoms with Crippen molar-refractivity contribution in [2.45, 2.75) is 44.2 Å². The van der Waals surface area contributed by atoms with Gasteiger partial charge in [0.25, 0.3) is 0 Å². The van der Waals surface area contributed by atoms with Crippen LogP contribution in [0.25, 0.3) is 0 Å². The fourth-order valence-electron chi connectivity index (χ4n) is 2.86. The summed E-state index contributed by atoms with van der Waals surface area (Å²) in [6, 6.07) is 1.36. The van der Waals surface area contributed by atoms with Gasteiger partial charge in [0, 0.05) is 25.0 Å². The molecule has 0 spiro atoms. The molecular weight excluding hydrogens is 224 g/mol. The first kappa shape index (κ1) is 13.5. The minimum absolute atomic E-state index is 0. The number of rotatable bonds is 4. The molecule has 2 heterocycles. The molecular formula is C12H21ClN2O. The fraction of sp³-hybridized carbons (Fsp3) is 0.750. The van der Waals surface area contributed by atoms with Crippen LogP contribution >= 0.6 is 12.4 Å². The Labute approximate surface area is 103 Å². The van der Waals surface area contributed by atoms with Crippen LogP contribution < -0.4 is 10.6 Å². The molecule has 0 aliphatic carbocycles. The summed E-state index contributed by atoms with van der Waals surface area (Å²) in [4.78, 5) is 11.5. The normalized spacial score (nSPS) is 31.6. The summed E-state index contributed by atoms with van der Waals surface area (Å²) < 4.78 is 0. The Morgan fingerprint density at radius 3 is 2.56 bits per heavy atom. The van der Waals surface area contributed by atoms with Gasteiger partial charge in [0.2, 0.25) is 5.91 Å². The van der Waals surface area contributed by atoms with Gasteiger partial charge in [-0.3, -0.25) is 4.79 Å². The number of amides is 1. The largest absolute Gasteiger partial charge is 0.353 e. The lowest BCUT2D eigenvalue weighted by molar-refractivity contribution is -0.122. The number of hydrogen-bond acceptors (Lipinski definition) is 2. The van der Waals surface area contributed by atoms with Crippen molar-refractivity contribution in [3.8, 4) is 0 Å². The van der Waals surface area contributed by atoms with Crippen molar-refractivity contribution in [2.75, 3.05) is 6.54 Å². The van der Waals surface area contributed by atoms with Gasteiger partial charge in [-0.2, -0.15) is 0 Å². The van der Waals surface area contributed by atoms with E-state index in [9.17, 15) is 4.79 Å². The minimum atomic E-state index is 0. The second-order valence-corrected chi connectivity index (χ2v) is 4.77. The van der Waals surface area contributed by atoms with Gasteiger partial charge in [-0.05, 0) is 31.6 Å². The second-order valence-electron chi connectivity index (χ2n) is 4.77. The summed E-state index contributed by atoms with van der Waals surface area (Å²) in [5.74, 6) is 0.773. The monoisotopic (exact) mass is 244 g/mol. The topological polar surface area (TPSA) is 41.1 Å². The van der Waals surface area contributed by atoms with Gasteiger partial charge in [-0.1, -0.05) is 6.08 Å². The molecule has 2 fully saturated rings. The molecule has 3 nitrogen and oxygen atoms in total. The molecule has 2 saturated heterocycles. The maximum Gasteiger partial charge on any atom is 0.220 e. The molecule has 2 aliphatic heterocycles. The number of fused-ring (bicyclic) bond motifs is 2. The standard InChI is InChI=1S/C12H20N2O.ClH/c1-2-5-13-12(15)8-9-6-10-3-4-11(7-9)14-10;/h2,9-11,14H,1,3-8H2,(H,13,15);1H. The van der Waals surface area contributed by atoms with Crippen LogP contribution in [0.4, 0.5) is 0 Å². The zero-order chi connectivity index (χ0) is 10.7. The molecule has 2 aliphatic rings. The summed E-state index contributed by atoms with van der Waals surface area (Å²) in [5, 5.41) is 6.44. The van der Waals surface area contributed by atoms with E-state index < -0.39 is 0 Å². The van der Waals surface area contributed by atoms with Gasteiger partial charge in [-0.25, -0.2) is 0 Å². The molecule has 0 aromatic rings. The number of piperidine rings is 1. The summed E-state index contributed by atoms with van der Waals surface area (Å²) in [6.07, 6.45) is 7.38. The molecule has 0 saturated carbocycles. The van der Waals surface area contributed by atoms with Crippen molar-refractivity contribution in [1.82, 2.24) is 10.6 Å². The van der Waals surface area contributed by atoms with Crippen LogP contribution in [0.3, 0.4) is 0 Å². The van der Waals surface area contributed by atoms with Gasteiger partial charge in [-0.15, -0.1) is 19.0 Å². The van der Waals surface area contributed by atoms with E-state index in [1.807, 2.05) is 0 Å². The van der Waals surface area contributed by atoms with Crippen LogP contribution in [0.1, 0.15) is 32.1 Å². The van der Waals surface area contributed by atoms with Crippen LogP contribution in [0.15, 0.2) is 12.7 Å². The Morgan fingerprint density at radius 1 is 1.38 bits per heavy atom. The highest BCUT2D eigenvalue weighted by Gasteiger charge is 2.33. The molecule has 1 amide bonds. The Hall–Kier alpha value is -0.540. The maximum atomic E-state index is 11.5. The molecule has 0 radical (unpaired) electrons. The first-order chi connectivity index (χ1) is 7.28. The molecule has 4 heteroatoms. The molecule has 16 heavy (non-hydrogen) atoms. The van der Waals surface area contributed by atoms with Crippen LogP contribution in [0.2, 0.25) is 0 Å². The Bertz CT molecular complexity index is 245. The summed E-state index contributed by atoms with van der Waals surface area (Å²) in [6.45, 7) is 4.18. The molecule has 2 unspecified atom stereocenters. The zero-order valence-electron chi connectivity index (χ0n) is 9.58. The number of carbonyl (C=O) groups is 1. The van der Waals surface area contributed by atoms with E-state index in [-0.39, 0.29) is 18.3 Å². The first-order valence-electron chi connectivity index (χ1n) is 5.91. The Balaban J connectivity index is 0.00000128. The molecule has 92 valence electrons. The van der Waals surface area contributed by atoms with Crippen molar-refractivity contribution in [2.24, 2.45) is 5.92 Å². The summed E-state index contributed by atoms with van der Waals surface area (Å²) in [5.41, 5.74) is 0. The lowest BCUT2D eigenvalue weighted by atomic mass is 9.89. The van der Waals surface area contributed by atoms with E-state index in [4.69, 9.17) is 0 Å². The van der Waals surface area contributed by atoms with Gasteiger partial charge in [0.15, 0.2) is 0 Å². The van der Waals surface area contributed by atoms with E-state index in [0.717, 1.165) is 0 Å². The highest BCUT2D eigenvalue weighted by Crippen LogP contribution is 2.32. The average molecular weight is 245 g/mol. The van der Waals surface area contributed by atoms with Gasteiger partial charge in [0.1, 0.15) is 0 Å². The lowest BCUT2D eigenvalue weighted by Crippen LogP contribution is -2.39. The number of halogens is 1. The van der Waals surface area contributed by atoms with Gasteiger partial charge < -0.3 is 10.6 Å². The predicted octanol–water partition coefficient (Wildman–Crippen LogP) is 1.63. The summed E-state index contributed by atoms with van der Waals surface area (Å²) >= 11 is 0. The molecule has 2 N–H and O–H groups in total. The van der Waals surface area contributed by atoms with E-state index in [0.29, 0.717) is 31.0 Å². The Morgan fingerprint density at radius 2 is 2.00 bits per heavy atom. The van der Waals surface area contributed by atoms with Gasteiger partial charge in [0.05, 0.1) is 0 Å². The van der Waals surface area contributed by atoms with E-state index in [1.165, 1.54) is 25.7 Å². The molecule has 0 aromatic carbocycles. The predicted molar refractivity (Wildman–Crippen MR) is 67.7 cm³/mol. The fourth-order valence-corrected chi connectivity index (χ4v) is 2.86. The van der Waals surface area contributed by atoms with Crippen LogP contribution in [0.5, 0.6) is 0 Å². The summed E-state index contributed by atoms with van der Waals surface area (Å²) in [7, 11) is 0. The second kappa shape index (κ2) is 6.26. The smallest absolute Gasteiger partial charge is 0.220 e. The minimum Gasteiger partial charge on any atom is -0.353 e. The van der Waals surface area contributed by atoms with Crippen molar-refractivity contribution in [3.63, 3.8) is 0 Å². The third kappa shape index (κ3) is 3.49. The van der Waals surface area contributed by atoms with Crippen molar-refractivity contribution in [3.05, 3.63) is 12.7 Å². The van der Waals surface area contributed by atoms with Gasteiger partial charge >= 0.3 is 0 Å². The molecule has 2 atom stereocenters. The zero-order valence-corrected chi connectivity index (χ0v) is 10.4. The Kier molecular flexibility index (Phi) is 5.29. The van der Waals surface area contributed by atoms with Crippen LogP contribution in [-0.2, 0) is 4.79 Å².